The van der Waals surface area contributed by atoms with E-state index in [2.05, 4.69) is 11.9 Å². The van der Waals surface area contributed by atoms with Crippen LogP contribution in [0.15, 0.2) is 61.2 Å². The van der Waals surface area contributed by atoms with Gasteiger partial charge in [-0.25, -0.2) is 0 Å². The molecule has 2 aromatic rings. The summed E-state index contributed by atoms with van der Waals surface area (Å²) >= 11 is 0. The van der Waals surface area contributed by atoms with Crippen LogP contribution < -0.4 is 14.8 Å². The predicted octanol–water partition coefficient (Wildman–Crippen LogP) is 4.14. The number of benzene rings is 2. The Labute approximate surface area is 143 Å². The molecule has 1 N–H and O–H groups in total. The van der Waals surface area contributed by atoms with E-state index in [9.17, 15) is 4.79 Å². The lowest BCUT2D eigenvalue weighted by Gasteiger charge is -2.18. The van der Waals surface area contributed by atoms with E-state index in [-0.39, 0.29) is 11.9 Å². The van der Waals surface area contributed by atoms with E-state index in [0.717, 1.165) is 17.7 Å². The molecule has 24 heavy (non-hydrogen) atoms. The van der Waals surface area contributed by atoms with Crippen LogP contribution in [0.2, 0.25) is 0 Å². The predicted molar refractivity (Wildman–Crippen MR) is 95.6 cm³/mol. The van der Waals surface area contributed by atoms with Gasteiger partial charge in [-0.1, -0.05) is 31.7 Å². The number of carbonyl (C=O) groups excluding carboxylic acids is 1. The van der Waals surface area contributed by atoms with E-state index in [0.29, 0.717) is 17.9 Å². The highest BCUT2D eigenvalue weighted by atomic mass is 16.5. The van der Waals surface area contributed by atoms with E-state index in [1.165, 1.54) is 0 Å². The van der Waals surface area contributed by atoms with E-state index in [1.807, 2.05) is 31.2 Å². The van der Waals surface area contributed by atoms with Crippen molar-refractivity contribution in [1.82, 2.24) is 5.32 Å². The van der Waals surface area contributed by atoms with E-state index < -0.39 is 0 Å². The largest absolute Gasteiger partial charge is 0.497 e. The smallest absolute Gasteiger partial charge is 0.251 e. The molecule has 0 heterocycles. The average Bonchev–Trinajstić information content (AvgIpc) is 2.64. The second kappa shape index (κ2) is 8.77. The molecule has 0 aliphatic carbocycles. The van der Waals surface area contributed by atoms with Gasteiger partial charge in [-0.2, -0.15) is 0 Å². The van der Waals surface area contributed by atoms with Crippen molar-refractivity contribution in [3.8, 4) is 11.5 Å². The Kier molecular flexibility index (Phi) is 6.43. The number of rotatable bonds is 8. The van der Waals surface area contributed by atoms with Gasteiger partial charge in [0.2, 0.25) is 0 Å². The Morgan fingerprint density at radius 3 is 2.29 bits per heavy atom. The van der Waals surface area contributed by atoms with Crippen LogP contribution in [0.25, 0.3) is 0 Å². The minimum atomic E-state index is -0.104. The quantitative estimate of drug-likeness (QED) is 0.742. The second-order valence-corrected chi connectivity index (χ2v) is 5.33. The van der Waals surface area contributed by atoms with Gasteiger partial charge in [-0.15, -0.1) is 0 Å². The standard InChI is InChI=1S/C20H23NO3/c1-4-14-24-18-12-8-16(9-13-18)20(22)21-19(5-2)15-6-10-17(23-3)11-7-15/h4,6-13,19H,1,5,14H2,2-3H3,(H,21,22). The first kappa shape index (κ1) is 17.6. The molecule has 2 rings (SSSR count). The number of carbonyl (C=O) groups is 1. The van der Waals surface area contributed by atoms with E-state index in [4.69, 9.17) is 9.47 Å². The van der Waals surface area contributed by atoms with Crippen LogP contribution in [0.1, 0.15) is 35.3 Å². The van der Waals surface area contributed by atoms with E-state index in [1.54, 1.807) is 37.5 Å². The van der Waals surface area contributed by atoms with Crippen molar-refractivity contribution < 1.29 is 14.3 Å². The lowest BCUT2D eigenvalue weighted by Crippen LogP contribution is -2.28. The molecule has 126 valence electrons. The fraction of sp³-hybridized carbons (Fsp3) is 0.250. The summed E-state index contributed by atoms with van der Waals surface area (Å²) < 4.78 is 10.6. The van der Waals surface area contributed by atoms with Gasteiger partial charge in [-0.05, 0) is 48.4 Å². The Morgan fingerprint density at radius 2 is 1.75 bits per heavy atom. The fourth-order valence-electron chi connectivity index (χ4n) is 2.36. The molecule has 1 atom stereocenters. The second-order valence-electron chi connectivity index (χ2n) is 5.33. The molecule has 0 aliphatic heterocycles. The third-order valence-corrected chi connectivity index (χ3v) is 3.72. The van der Waals surface area contributed by atoms with Crippen molar-refractivity contribution in [1.29, 1.82) is 0 Å². The van der Waals surface area contributed by atoms with Crippen LogP contribution >= 0.6 is 0 Å². The van der Waals surface area contributed by atoms with Crippen LogP contribution in [-0.4, -0.2) is 19.6 Å². The zero-order valence-corrected chi connectivity index (χ0v) is 14.1. The van der Waals surface area contributed by atoms with Gasteiger partial charge in [-0.3, -0.25) is 4.79 Å². The highest BCUT2D eigenvalue weighted by Crippen LogP contribution is 2.21. The fourth-order valence-corrected chi connectivity index (χ4v) is 2.36. The van der Waals surface area contributed by atoms with Gasteiger partial charge in [0, 0.05) is 5.56 Å². The number of nitrogens with one attached hydrogen (secondary N) is 1. The normalized spacial score (nSPS) is 11.4. The van der Waals surface area contributed by atoms with Crippen molar-refractivity contribution in [3.63, 3.8) is 0 Å². The van der Waals surface area contributed by atoms with Crippen LogP contribution in [0.5, 0.6) is 11.5 Å². The summed E-state index contributed by atoms with van der Waals surface area (Å²) in [5.41, 5.74) is 1.66. The minimum Gasteiger partial charge on any atom is -0.497 e. The minimum absolute atomic E-state index is 0.0416. The maximum Gasteiger partial charge on any atom is 0.251 e. The number of ether oxygens (including phenoxy) is 2. The summed E-state index contributed by atoms with van der Waals surface area (Å²) in [4.78, 5) is 12.4. The number of methoxy groups -OCH3 is 1. The van der Waals surface area contributed by atoms with E-state index >= 15 is 0 Å². The van der Waals surface area contributed by atoms with Crippen LogP contribution in [0.4, 0.5) is 0 Å². The number of hydrogen-bond donors (Lipinski definition) is 1. The SMILES string of the molecule is C=CCOc1ccc(C(=O)NC(CC)c2ccc(OC)cc2)cc1. The maximum absolute atomic E-state index is 12.4. The molecule has 4 heteroatoms. The maximum atomic E-state index is 12.4. The molecule has 4 nitrogen and oxygen atoms in total. The van der Waals surface area contributed by atoms with Gasteiger partial charge >= 0.3 is 0 Å². The third kappa shape index (κ3) is 4.62. The zero-order valence-electron chi connectivity index (χ0n) is 14.1. The Hall–Kier alpha value is -2.75. The van der Waals surface area contributed by atoms with Gasteiger partial charge in [0.1, 0.15) is 18.1 Å². The molecule has 1 amide bonds. The van der Waals surface area contributed by atoms with Crippen molar-refractivity contribution >= 4 is 5.91 Å². The molecule has 0 saturated heterocycles. The molecule has 0 bridgehead atoms. The summed E-state index contributed by atoms with van der Waals surface area (Å²) in [5.74, 6) is 1.41. The van der Waals surface area contributed by atoms with Crippen LogP contribution in [0, 0.1) is 0 Å². The van der Waals surface area contributed by atoms with Gasteiger partial charge in [0.15, 0.2) is 0 Å². The summed E-state index contributed by atoms with van der Waals surface area (Å²) in [6.07, 6.45) is 2.49. The summed E-state index contributed by atoms with van der Waals surface area (Å²) in [7, 11) is 1.64. The van der Waals surface area contributed by atoms with Gasteiger partial charge in [0.05, 0.1) is 13.2 Å². The lowest BCUT2D eigenvalue weighted by atomic mass is 10.0. The van der Waals surface area contributed by atoms with Crippen molar-refractivity contribution in [2.24, 2.45) is 0 Å². The molecule has 0 aromatic heterocycles. The molecule has 0 saturated carbocycles. The zero-order chi connectivity index (χ0) is 17.4. The molecule has 0 radical (unpaired) electrons. The Balaban J connectivity index is 2.03. The highest BCUT2D eigenvalue weighted by molar-refractivity contribution is 5.94. The lowest BCUT2D eigenvalue weighted by molar-refractivity contribution is 0.0935. The molecular formula is C20H23NO3. The van der Waals surface area contributed by atoms with Crippen molar-refractivity contribution in [2.75, 3.05) is 13.7 Å². The molecule has 1 unspecified atom stereocenters. The van der Waals surface area contributed by atoms with Crippen molar-refractivity contribution in [3.05, 3.63) is 72.3 Å². The van der Waals surface area contributed by atoms with Gasteiger partial charge in [0.25, 0.3) is 5.91 Å². The van der Waals surface area contributed by atoms with Crippen molar-refractivity contribution in [2.45, 2.75) is 19.4 Å². The van der Waals surface area contributed by atoms with Gasteiger partial charge < -0.3 is 14.8 Å². The summed E-state index contributed by atoms with van der Waals surface area (Å²) in [6.45, 7) is 6.09. The molecule has 0 aliphatic rings. The first-order valence-corrected chi connectivity index (χ1v) is 7.96. The van der Waals surface area contributed by atoms with Crippen LogP contribution in [0.3, 0.4) is 0 Å². The highest BCUT2D eigenvalue weighted by Gasteiger charge is 2.14. The first-order chi connectivity index (χ1) is 11.7. The summed E-state index contributed by atoms with van der Waals surface area (Å²) in [6, 6.07) is 14.8. The van der Waals surface area contributed by atoms with Crippen LogP contribution in [-0.2, 0) is 0 Å². The molecule has 0 spiro atoms. The molecular weight excluding hydrogens is 302 g/mol. The Bertz CT molecular complexity index is 662. The summed E-state index contributed by atoms with van der Waals surface area (Å²) in [5, 5.41) is 3.06. The first-order valence-electron chi connectivity index (χ1n) is 7.96. The monoisotopic (exact) mass is 325 g/mol. The molecule has 0 fully saturated rings. The average molecular weight is 325 g/mol. The third-order valence-electron chi connectivity index (χ3n) is 3.72. The number of hydrogen-bond acceptors (Lipinski definition) is 3. The molecule has 2 aromatic carbocycles. The topological polar surface area (TPSA) is 47.6 Å². The Morgan fingerprint density at radius 1 is 1.12 bits per heavy atom. The number of amides is 1.